The van der Waals surface area contributed by atoms with Crippen LogP contribution in [0.5, 0.6) is 5.75 Å². The van der Waals surface area contributed by atoms with E-state index < -0.39 is 0 Å². The topological polar surface area (TPSA) is 20.2 Å². The maximum absolute atomic E-state index is 10.1. The first kappa shape index (κ1) is 24.6. The predicted octanol–water partition coefficient (Wildman–Crippen LogP) is 8.08. The predicted molar refractivity (Wildman–Crippen MR) is 122 cm³/mol. The van der Waals surface area contributed by atoms with Crippen molar-refractivity contribution >= 4 is 15.0 Å². The van der Waals surface area contributed by atoms with Gasteiger partial charge >= 0.3 is 176 Å². The van der Waals surface area contributed by atoms with E-state index in [0.29, 0.717) is 5.75 Å². The van der Waals surface area contributed by atoms with Crippen LogP contribution in [0.2, 0.25) is 10.6 Å². The second kappa shape index (κ2) is 14.5. The molecule has 1 aromatic rings. The summed E-state index contributed by atoms with van der Waals surface area (Å²) in [5, 5.41) is 12.9. The van der Waals surface area contributed by atoms with E-state index in [1.54, 1.807) is 0 Å². The van der Waals surface area contributed by atoms with Gasteiger partial charge in [0.15, 0.2) is 0 Å². The first-order chi connectivity index (χ1) is 12.9. The van der Waals surface area contributed by atoms with Gasteiger partial charge in [0, 0.05) is 0 Å². The Hall–Kier alpha value is -0.461. The zero-order valence-corrected chi connectivity index (χ0v) is 20.2. The third-order valence-corrected chi connectivity index (χ3v) is 7.69. The summed E-state index contributed by atoms with van der Waals surface area (Å²) in [7, 11) is 0. The molecule has 0 aliphatic carbocycles. The van der Waals surface area contributed by atoms with Gasteiger partial charge in [0.1, 0.15) is 0 Å². The van der Waals surface area contributed by atoms with Crippen LogP contribution in [0.25, 0.3) is 0 Å². The molecule has 0 fully saturated rings. The minimum absolute atomic E-state index is 0.0134. The number of unbranched alkanes of at least 4 members (excludes halogenated alkanes) is 9. The van der Waals surface area contributed by atoms with E-state index in [1.807, 2.05) is 6.07 Å². The van der Waals surface area contributed by atoms with Gasteiger partial charge in [0.25, 0.3) is 0 Å². The van der Waals surface area contributed by atoms with Gasteiger partial charge in [-0.15, -0.1) is 0 Å². The Morgan fingerprint density at radius 3 is 1.93 bits per heavy atom. The summed E-state index contributed by atoms with van der Waals surface area (Å²) in [6.07, 6.45) is 16.8. The third-order valence-electron chi connectivity index (χ3n) is 5.27. The summed E-state index contributed by atoms with van der Waals surface area (Å²) in [6, 6.07) is 6.19. The van der Waals surface area contributed by atoms with E-state index >= 15 is 0 Å². The molecule has 1 nitrogen and oxygen atoms in total. The van der Waals surface area contributed by atoms with Gasteiger partial charge in [-0.05, 0) is 0 Å². The molecule has 0 heterocycles. The zero-order chi connectivity index (χ0) is 20.0. The molecule has 0 unspecified atom stereocenters. The van der Waals surface area contributed by atoms with Crippen LogP contribution in [0.1, 0.15) is 109 Å². The average Bonchev–Trinajstić information content (AvgIpc) is 2.62. The van der Waals surface area contributed by atoms with Crippen LogP contribution in [-0.2, 0) is 11.8 Å². The molecule has 156 valence electrons. The summed E-state index contributed by atoms with van der Waals surface area (Å²) in [4.78, 5) is 0. The molecular weight excluding hydrogens is 395 g/mol. The maximum atomic E-state index is 10.1. The van der Waals surface area contributed by atoms with E-state index in [0.717, 1.165) is 26.9 Å². The van der Waals surface area contributed by atoms with Crippen molar-refractivity contribution in [3.8, 4) is 5.75 Å². The molecule has 0 saturated heterocycles. The quantitative estimate of drug-likeness (QED) is 0.216. The number of hydrogen-bond donors (Lipinski definition) is 1. The van der Waals surface area contributed by atoms with Crippen molar-refractivity contribution in [3.63, 3.8) is 0 Å². The normalized spacial score (nSPS) is 11.9. The van der Waals surface area contributed by atoms with Crippen molar-refractivity contribution in [2.24, 2.45) is 0 Å². The van der Waals surface area contributed by atoms with Gasteiger partial charge in [0.2, 0.25) is 0 Å². The molecule has 0 aliphatic heterocycles. The van der Waals surface area contributed by atoms with Crippen molar-refractivity contribution in [1.82, 2.24) is 0 Å². The Kier molecular flexibility index (Phi) is 13.2. The number of aromatic hydroxyl groups is 1. The van der Waals surface area contributed by atoms with Crippen LogP contribution in [0.15, 0.2) is 18.2 Å². The van der Waals surface area contributed by atoms with Crippen LogP contribution in [0.4, 0.5) is 0 Å². The fraction of sp³-hybridized carbons (Fsp3) is 0.760. The number of hydrogen-bond acceptors (Lipinski definition) is 1. The zero-order valence-electron chi connectivity index (χ0n) is 18.5. The van der Waals surface area contributed by atoms with Crippen LogP contribution < -0.4 is 0 Å². The van der Waals surface area contributed by atoms with Gasteiger partial charge < -0.3 is 0 Å². The Labute approximate surface area is 175 Å². The molecule has 27 heavy (non-hydrogen) atoms. The van der Waals surface area contributed by atoms with E-state index in [2.05, 4.69) is 39.8 Å². The summed E-state index contributed by atoms with van der Waals surface area (Å²) >= 11 is 0.823. The van der Waals surface area contributed by atoms with Gasteiger partial charge in [0.05, 0.1) is 0 Å². The van der Waals surface area contributed by atoms with E-state index in [-0.39, 0.29) is 5.41 Å². The number of rotatable bonds is 15. The van der Waals surface area contributed by atoms with Crippen LogP contribution in [0.3, 0.4) is 0 Å². The van der Waals surface area contributed by atoms with Crippen molar-refractivity contribution in [2.45, 2.75) is 121 Å². The Morgan fingerprint density at radius 2 is 1.33 bits per heavy atom. The molecule has 0 saturated carbocycles. The first-order valence-electron chi connectivity index (χ1n) is 11.3. The number of phenols is 1. The molecule has 1 aromatic carbocycles. The monoisotopic (exact) mass is 440 g/mol. The van der Waals surface area contributed by atoms with Gasteiger partial charge in [-0.25, -0.2) is 0 Å². The molecule has 1 rings (SSSR count). The molecule has 0 amide bonds. The van der Waals surface area contributed by atoms with E-state index in [1.165, 1.54) is 86.8 Å². The van der Waals surface area contributed by atoms with Crippen molar-refractivity contribution in [2.75, 3.05) is 0 Å². The fourth-order valence-electron chi connectivity index (χ4n) is 3.51. The van der Waals surface area contributed by atoms with Crippen LogP contribution in [0, 0.1) is 0 Å². The number of benzene rings is 1. The second-order valence-electron chi connectivity index (χ2n) is 9.00. The van der Waals surface area contributed by atoms with E-state index in [4.69, 9.17) is 0 Å². The summed E-state index contributed by atoms with van der Waals surface area (Å²) in [5.74, 6) is 0.441. The second-order valence-corrected chi connectivity index (χ2v) is 11.6. The fourth-order valence-corrected chi connectivity index (χ4v) is 5.53. The molecule has 0 bridgehead atoms. The first-order valence-corrected chi connectivity index (χ1v) is 13.8. The van der Waals surface area contributed by atoms with Crippen molar-refractivity contribution in [1.29, 1.82) is 0 Å². The molecule has 0 atom stereocenters. The van der Waals surface area contributed by atoms with Crippen molar-refractivity contribution < 1.29 is 5.11 Å². The minimum atomic E-state index is 0.0134. The van der Waals surface area contributed by atoms with Gasteiger partial charge in [-0.2, -0.15) is 0 Å². The summed E-state index contributed by atoms with van der Waals surface area (Å²) in [6.45, 7) is 8.79. The molecule has 0 spiro atoms. The molecular formula is C25H44OSe. The molecule has 1 N–H and O–H groups in total. The molecule has 0 radical (unpaired) electrons. The number of aryl methyl sites for hydroxylation is 1. The summed E-state index contributed by atoms with van der Waals surface area (Å²) in [5.41, 5.74) is 2.47. The van der Waals surface area contributed by atoms with Gasteiger partial charge in [-0.1, -0.05) is 0 Å². The molecule has 0 aromatic heterocycles. The SMILES string of the molecule is CCCCCCCCCCCC[Se]CCCc1ccc(O)c(C(C)(C)C)c1. The van der Waals surface area contributed by atoms with Crippen LogP contribution >= 0.6 is 0 Å². The number of phenolic OH excluding ortho intramolecular Hbond substituents is 1. The Morgan fingerprint density at radius 1 is 0.778 bits per heavy atom. The average molecular weight is 440 g/mol. The van der Waals surface area contributed by atoms with Crippen molar-refractivity contribution in [3.05, 3.63) is 29.3 Å². The standard InChI is InChI=1S/C25H44OSe/c1-5-6-7-8-9-10-11-12-13-14-19-27-20-15-16-22-17-18-24(26)23(21-22)25(2,3)4/h17-18,21,26H,5-16,19-20H2,1-4H3. The Balaban J connectivity index is 1.99. The summed E-state index contributed by atoms with van der Waals surface area (Å²) < 4.78 is 0. The van der Waals surface area contributed by atoms with Crippen LogP contribution in [-0.4, -0.2) is 20.1 Å². The Bertz CT molecular complexity index is 490. The molecule has 2 heteroatoms. The van der Waals surface area contributed by atoms with E-state index in [9.17, 15) is 5.11 Å². The third kappa shape index (κ3) is 11.9. The van der Waals surface area contributed by atoms with Gasteiger partial charge in [-0.3, -0.25) is 0 Å². The molecule has 0 aliphatic rings.